The van der Waals surface area contributed by atoms with E-state index in [0.29, 0.717) is 12.3 Å². The summed E-state index contributed by atoms with van der Waals surface area (Å²) < 4.78 is 0. The Hall–Kier alpha value is -0.900. The van der Waals surface area contributed by atoms with Gasteiger partial charge >= 0.3 is 5.97 Å². The quantitative estimate of drug-likeness (QED) is 0.861. The molecule has 0 spiro atoms. The molecule has 0 aliphatic rings. The van der Waals surface area contributed by atoms with Gasteiger partial charge in [0.1, 0.15) is 0 Å². The number of aromatic nitrogens is 1. The molecule has 3 nitrogen and oxygen atoms in total. The van der Waals surface area contributed by atoms with E-state index in [1.54, 1.807) is 11.3 Å². The number of thiazole rings is 1. The minimum Gasteiger partial charge on any atom is -0.481 e. The Morgan fingerprint density at radius 2 is 2.06 bits per heavy atom. The number of hydrogen-bond acceptors (Lipinski definition) is 3. The summed E-state index contributed by atoms with van der Waals surface area (Å²) in [4.78, 5) is 15.5. The van der Waals surface area contributed by atoms with Gasteiger partial charge in [-0.3, -0.25) is 4.79 Å². The Kier molecular flexibility index (Phi) is 4.47. The van der Waals surface area contributed by atoms with Crippen molar-refractivity contribution in [1.82, 2.24) is 4.98 Å². The molecular formula is C12H19NO2S. The van der Waals surface area contributed by atoms with Gasteiger partial charge in [-0.15, -0.1) is 11.3 Å². The maximum absolute atomic E-state index is 11.1. The molecule has 4 heteroatoms. The molecule has 1 N–H and O–H groups in total. The number of carboxylic acids is 1. The van der Waals surface area contributed by atoms with E-state index in [0.717, 1.165) is 10.7 Å². The van der Waals surface area contributed by atoms with Crippen molar-refractivity contribution in [3.05, 3.63) is 16.1 Å². The van der Waals surface area contributed by atoms with Crippen LogP contribution in [0.5, 0.6) is 0 Å². The van der Waals surface area contributed by atoms with Crippen LogP contribution in [-0.2, 0) is 11.2 Å². The van der Waals surface area contributed by atoms with Crippen LogP contribution in [0.2, 0.25) is 0 Å². The summed E-state index contributed by atoms with van der Waals surface area (Å²) in [6.07, 6.45) is 0.546. The van der Waals surface area contributed by atoms with E-state index >= 15 is 0 Å². The van der Waals surface area contributed by atoms with Crippen LogP contribution in [0.4, 0.5) is 0 Å². The molecule has 0 fully saturated rings. The number of hydrogen-bond donors (Lipinski definition) is 1. The summed E-state index contributed by atoms with van der Waals surface area (Å²) in [6.45, 7) is 8.07. The Morgan fingerprint density at radius 1 is 1.44 bits per heavy atom. The average Bonchev–Trinajstić information content (AvgIpc) is 2.61. The monoisotopic (exact) mass is 241 g/mol. The molecule has 1 atom stereocenters. The van der Waals surface area contributed by atoms with E-state index in [4.69, 9.17) is 5.11 Å². The molecule has 1 rings (SSSR count). The van der Waals surface area contributed by atoms with Gasteiger partial charge in [0.2, 0.25) is 0 Å². The standard InChI is InChI=1S/C12H19NO2S/c1-7(2)9(12(14)15)5-11-13-10(6-16-11)8(3)4/h6-9H,5H2,1-4H3,(H,14,15). The maximum Gasteiger partial charge on any atom is 0.307 e. The van der Waals surface area contributed by atoms with Crippen molar-refractivity contribution in [2.24, 2.45) is 11.8 Å². The zero-order chi connectivity index (χ0) is 12.3. The van der Waals surface area contributed by atoms with Crippen LogP contribution in [0.3, 0.4) is 0 Å². The van der Waals surface area contributed by atoms with Gasteiger partial charge in [-0.05, 0) is 11.8 Å². The molecule has 1 heterocycles. The van der Waals surface area contributed by atoms with Crippen LogP contribution in [0, 0.1) is 11.8 Å². The Morgan fingerprint density at radius 3 is 2.44 bits per heavy atom. The molecule has 0 amide bonds. The highest BCUT2D eigenvalue weighted by atomic mass is 32.1. The van der Waals surface area contributed by atoms with Crippen LogP contribution < -0.4 is 0 Å². The number of aliphatic carboxylic acids is 1. The third kappa shape index (κ3) is 3.30. The zero-order valence-electron chi connectivity index (χ0n) is 10.2. The molecule has 0 aliphatic heterocycles. The SMILES string of the molecule is CC(C)c1csc(CC(C(=O)O)C(C)C)n1. The van der Waals surface area contributed by atoms with Crippen molar-refractivity contribution >= 4 is 17.3 Å². The van der Waals surface area contributed by atoms with Crippen LogP contribution in [0.1, 0.15) is 44.3 Å². The highest BCUT2D eigenvalue weighted by Gasteiger charge is 2.23. The smallest absolute Gasteiger partial charge is 0.307 e. The molecule has 0 saturated carbocycles. The van der Waals surface area contributed by atoms with E-state index in [1.807, 2.05) is 19.2 Å². The topological polar surface area (TPSA) is 50.2 Å². The highest BCUT2D eigenvalue weighted by Crippen LogP contribution is 2.23. The summed E-state index contributed by atoms with van der Waals surface area (Å²) in [6, 6.07) is 0. The van der Waals surface area contributed by atoms with Gasteiger partial charge in [0.05, 0.1) is 16.6 Å². The normalized spacial score (nSPS) is 13.4. The largest absolute Gasteiger partial charge is 0.481 e. The van der Waals surface area contributed by atoms with Crippen LogP contribution in [0.25, 0.3) is 0 Å². The van der Waals surface area contributed by atoms with Gasteiger partial charge in [0, 0.05) is 11.8 Å². The number of nitrogens with zero attached hydrogens (tertiary/aromatic N) is 1. The fraction of sp³-hybridized carbons (Fsp3) is 0.667. The minimum atomic E-state index is -0.726. The summed E-state index contributed by atoms with van der Waals surface area (Å²) >= 11 is 1.57. The summed E-state index contributed by atoms with van der Waals surface area (Å²) in [5, 5.41) is 12.1. The number of rotatable bonds is 5. The highest BCUT2D eigenvalue weighted by molar-refractivity contribution is 7.09. The molecule has 1 aromatic rings. The predicted octanol–water partition coefficient (Wildman–Crippen LogP) is 3.17. The molecule has 0 aliphatic carbocycles. The van der Waals surface area contributed by atoms with Gasteiger partial charge < -0.3 is 5.11 Å². The Balaban J connectivity index is 2.74. The van der Waals surface area contributed by atoms with Crippen molar-refractivity contribution in [3.63, 3.8) is 0 Å². The minimum absolute atomic E-state index is 0.142. The lowest BCUT2D eigenvalue weighted by Crippen LogP contribution is -2.22. The fourth-order valence-corrected chi connectivity index (χ4v) is 2.50. The second kappa shape index (κ2) is 5.43. The lowest BCUT2D eigenvalue weighted by molar-refractivity contribution is -0.143. The molecule has 0 saturated heterocycles. The molecule has 1 aromatic heterocycles. The first kappa shape index (κ1) is 13.2. The molecule has 0 radical (unpaired) electrons. The number of carboxylic acid groups (broad SMARTS) is 1. The lowest BCUT2D eigenvalue weighted by Gasteiger charge is -2.14. The molecule has 90 valence electrons. The first-order valence-corrected chi connectivity index (χ1v) is 6.46. The average molecular weight is 241 g/mol. The molecule has 0 bridgehead atoms. The van der Waals surface area contributed by atoms with E-state index < -0.39 is 5.97 Å². The van der Waals surface area contributed by atoms with Gasteiger partial charge in [0.15, 0.2) is 0 Å². The fourth-order valence-electron chi connectivity index (χ4n) is 1.48. The van der Waals surface area contributed by atoms with Gasteiger partial charge in [0.25, 0.3) is 0 Å². The lowest BCUT2D eigenvalue weighted by atomic mass is 9.93. The van der Waals surface area contributed by atoms with Gasteiger partial charge in [-0.2, -0.15) is 0 Å². The Labute approximate surface area is 101 Å². The first-order valence-electron chi connectivity index (χ1n) is 5.59. The van der Waals surface area contributed by atoms with Crippen LogP contribution in [-0.4, -0.2) is 16.1 Å². The third-order valence-corrected chi connectivity index (χ3v) is 3.57. The van der Waals surface area contributed by atoms with Crippen molar-refractivity contribution in [2.75, 3.05) is 0 Å². The van der Waals surface area contributed by atoms with E-state index in [9.17, 15) is 4.79 Å². The molecule has 1 unspecified atom stereocenters. The second-order valence-corrected chi connectivity index (χ2v) is 5.66. The van der Waals surface area contributed by atoms with Crippen molar-refractivity contribution in [3.8, 4) is 0 Å². The predicted molar refractivity (Wildman–Crippen MR) is 65.9 cm³/mol. The van der Waals surface area contributed by atoms with E-state index in [-0.39, 0.29) is 11.8 Å². The molecular weight excluding hydrogens is 222 g/mol. The number of carbonyl (C=O) groups is 1. The maximum atomic E-state index is 11.1. The van der Waals surface area contributed by atoms with E-state index in [1.165, 1.54) is 0 Å². The first-order chi connectivity index (χ1) is 7.41. The van der Waals surface area contributed by atoms with Gasteiger partial charge in [-0.1, -0.05) is 27.7 Å². The van der Waals surface area contributed by atoms with Crippen LogP contribution in [0.15, 0.2) is 5.38 Å². The van der Waals surface area contributed by atoms with Crippen molar-refractivity contribution in [2.45, 2.75) is 40.0 Å². The summed E-state index contributed by atoms with van der Waals surface area (Å²) in [7, 11) is 0. The van der Waals surface area contributed by atoms with Crippen LogP contribution >= 0.6 is 11.3 Å². The van der Waals surface area contributed by atoms with Gasteiger partial charge in [-0.25, -0.2) is 4.98 Å². The third-order valence-electron chi connectivity index (χ3n) is 2.68. The van der Waals surface area contributed by atoms with E-state index in [2.05, 4.69) is 18.8 Å². The molecule has 16 heavy (non-hydrogen) atoms. The second-order valence-electron chi connectivity index (χ2n) is 4.71. The molecule has 0 aromatic carbocycles. The van der Waals surface area contributed by atoms with Crippen molar-refractivity contribution in [1.29, 1.82) is 0 Å². The summed E-state index contributed by atoms with van der Waals surface area (Å²) in [5.74, 6) is -0.501. The Bertz CT molecular complexity index is 358. The summed E-state index contributed by atoms with van der Waals surface area (Å²) in [5.41, 5.74) is 1.06. The van der Waals surface area contributed by atoms with Crippen molar-refractivity contribution < 1.29 is 9.90 Å². The zero-order valence-corrected chi connectivity index (χ0v) is 11.0.